The van der Waals surface area contributed by atoms with Crippen molar-refractivity contribution in [3.63, 3.8) is 0 Å². The Morgan fingerprint density at radius 3 is 2.59 bits per heavy atom. The second-order valence-corrected chi connectivity index (χ2v) is 7.87. The largest absolute Gasteiger partial charge is 0.338 e. The van der Waals surface area contributed by atoms with E-state index in [9.17, 15) is 14.0 Å². The third kappa shape index (κ3) is 4.48. The zero-order chi connectivity index (χ0) is 20.2. The second kappa shape index (κ2) is 8.48. The number of halogens is 1. The molecule has 1 atom stereocenters. The van der Waals surface area contributed by atoms with E-state index < -0.39 is 0 Å². The molecular weight excluding hydrogens is 391 g/mol. The molecular formula is C21H19FN4O2S. The lowest BCUT2D eigenvalue weighted by Gasteiger charge is -2.31. The molecule has 3 aromatic rings. The number of carbonyl (C=O) groups excluding carboxylic acids is 2. The number of hydrogen-bond donors (Lipinski definition) is 1. The number of hydrogen-bond acceptors (Lipinski definition) is 5. The molecule has 148 valence electrons. The summed E-state index contributed by atoms with van der Waals surface area (Å²) in [5.74, 6) is -0.683. The Hall–Kier alpha value is -3.13. The summed E-state index contributed by atoms with van der Waals surface area (Å²) in [6.45, 7) is 1.27. The van der Waals surface area contributed by atoms with Crippen LogP contribution in [0.3, 0.4) is 0 Å². The van der Waals surface area contributed by atoms with Crippen LogP contribution >= 0.6 is 11.3 Å². The van der Waals surface area contributed by atoms with E-state index in [-0.39, 0.29) is 28.6 Å². The molecule has 4 rings (SSSR count). The summed E-state index contributed by atoms with van der Waals surface area (Å²) in [5.41, 5.74) is 1.16. The highest BCUT2D eigenvalue weighted by Crippen LogP contribution is 2.30. The van der Waals surface area contributed by atoms with Crippen molar-refractivity contribution in [1.82, 2.24) is 15.1 Å². The number of anilines is 1. The van der Waals surface area contributed by atoms with E-state index in [1.54, 1.807) is 0 Å². The number of aromatic nitrogens is 2. The molecule has 2 aromatic carbocycles. The van der Waals surface area contributed by atoms with E-state index in [0.717, 1.165) is 17.8 Å². The Labute approximate surface area is 171 Å². The third-order valence-electron chi connectivity index (χ3n) is 4.82. The first kappa shape index (κ1) is 19.2. The van der Waals surface area contributed by atoms with E-state index >= 15 is 0 Å². The summed E-state index contributed by atoms with van der Waals surface area (Å²) in [5, 5.41) is 11.9. The number of carbonyl (C=O) groups is 2. The third-order valence-corrected chi connectivity index (χ3v) is 5.90. The lowest BCUT2D eigenvalue weighted by Crippen LogP contribution is -2.39. The van der Waals surface area contributed by atoms with Crippen LogP contribution in [0.5, 0.6) is 0 Å². The summed E-state index contributed by atoms with van der Waals surface area (Å²) in [6.07, 6.45) is 1.77. The fraction of sp³-hybridized carbons (Fsp3) is 0.238. The van der Waals surface area contributed by atoms with Gasteiger partial charge in [0.05, 0.1) is 0 Å². The van der Waals surface area contributed by atoms with Crippen LogP contribution in [0.1, 0.15) is 43.9 Å². The van der Waals surface area contributed by atoms with Gasteiger partial charge in [0, 0.05) is 30.3 Å². The van der Waals surface area contributed by atoms with Crippen molar-refractivity contribution in [2.45, 2.75) is 18.8 Å². The van der Waals surface area contributed by atoms with Crippen molar-refractivity contribution in [2.75, 3.05) is 18.4 Å². The molecule has 0 spiro atoms. The van der Waals surface area contributed by atoms with Crippen LogP contribution in [0.25, 0.3) is 0 Å². The van der Waals surface area contributed by atoms with Crippen molar-refractivity contribution < 1.29 is 14.0 Å². The maximum Gasteiger partial charge on any atom is 0.286 e. The van der Waals surface area contributed by atoms with Crippen molar-refractivity contribution >= 4 is 28.8 Å². The van der Waals surface area contributed by atoms with Gasteiger partial charge in [-0.3, -0.25) is 9.59 Å². The Bertz CT molecular complexity index is 1010. The van der Waals surface area contributed by atoms with Gasteiger partial charge in [0.1, 0.15) is 10.8 Å². The van der Waals surface area contributed by atoms with Gasteiger partial charge in [-0.05, 0) is 49.2 Å². The molecule has 1 aliphatic heterocycles. The summed E-state index contributed by atoms with van der Waals surface area (Å²) in [7, 11) is 0. The number of nitrogens with zero attached hydrogens (tertiary/aromatic N) is 3. The van der Waals surface area contributed by atoms with Gasteiger partial charge in [-0.2, -0.15) is 0 Å². The lowest BCUT2D eigenvalue weighted by atomic mass is 9.98. The first-order valence-electron chi connectivity index (χ1n) is 9.35. The Balaban J connectivity index is 1.42. The standard InChI is InChI=1S/C21H19FN4O2S/c22-16-8-10-17(11-9-16)23-18(27)20-25-24-19(29-20)15-7-4-12-26(13-15)21(28)14-5-2-1-3-6-14/h1-3,5-6,8-11,15H,4,7,12-13H2,(H,23,27). The molecule has 1 aromatic heterocycles. The predicted octanol–water partition coefficient (Wildman–Crippen LogP) is 3.95. The number of nitrogens with one attached hydrogen (secondary N) is 1. The van der Waals surface area contributed by atoms with Crippen molar-refractivity contribution in [1.29, 1.82) is 0 Å². The molecule has 29 heavy (non-hydrogen) atoms. The minimum Gasteiger partial charge on any atom is -0.338 e. The van der Waals surface area contributed by atoms with Gasteiger partial charge in [0.15, 0.2) is 0 Å². The molecule has 0 aliphatic carbocycles. The van der Waals surface area contributed by atoms with E-state index in [1.807, 2.05) is 35.2 Å². The maximum absolute atomic E-state index is 13.0. The van der Waals surface area contributed by atoms with Gasteiger partial charge in [0.2, 0.25) is 5.01 Å². The Morgan fingerprint density at radius 2 is 1.83 bits per heavy atom. The number of piperidine rings is 1. The minimum absolute atomic E-state index is 0.00842. The first-order chi connectivity index (χ1) is 14.1. The maximum atomic E-state index is 13.0. The quantitative estimate of drug-likeness (QED) is 0.707. The second-order valence-electron chi connectivity index (χ2n) is 6.86. The predicted molar refractivity (Wildman–Crippen MR) is 109 cm³/mol. The molecule has 1 aliphatic rings. The zero-order valence-corrected chi connectivity index (χ0v) is 16.4. The number of likely N-dealkylation sites (tertiary alicyclic amines) is 1. The molecule has 8 heteroatoms. The van der Waals surface area contributed by atoms with Gasteiger partial charge in [-0.15, -0.1) is 10.2 Å². The zero-order valence-electron chi connectivity index (χ0n) is 15.5. The van der Waals surface area contributed by atoms with Crippen LogP contribution < -0.4 is 5.32 Å². The molecule has 6 nitrogen and oxygen atoms in total. The Morgan fingerprint density at radius 1 is 1.07 bits per heavy atom. The molecule has 1 N–H and O–H groups in total. The van der Waals surface area contributed by atoms with E-state index in [4.69, 9.17) is 0 Å². The summed E-state index contributed by atoms with van der Waals surface area (Å²) < 4.78 is 13.0. The van der Waals surface area contributed by atoms with E-state index in [0.29, 0.717) is 24.3 Å². The molecule has 2 amide bonds. The van der Waals surface area contributed by atoms with Crippen LogP contribution in [0.4, 0.5) is 10.1 Å². The van der Waals surface area contributed by atoms with Crippen molar-refractivity contribution in [3.05, 3.63) is 76.0 Å². The fourth-order valence-electron chi connectivity index (χ4n) is 3.34. The van der Waals surface area contributed by atoms with Crippen LogP contribution in [0, 0.1) is 5.82 Å². The molecule has 1 saturated heterocycles. The van der Waals surface area contributed by atoms with Gasteiger partial charge in [0.25, 0.3) is 11.8 Å². The molecule has 0 bridgehead atoms. The van der Waals surface area contributed by atoms with Gasteiger partial charge < -0.3 is 10.2 Å². The SMILES string of the molecule is O=C(Nc1ccc(F)cc1)c1nnc(C2CCCN(C(=O)c3ccccc3)C2)s1. The van der Waals surface area contributed by atoms with Crippen LogP contribution in [-0.4, -0.2) is 40.0 Å². The van der Waals surface area contributed by atoms with E-state index in [2.05, 4.69) is 15.5 Å². The first-order valence-corrected chi connectivity index (χ1v) is 10.2. The highest BCUT2D eigenvalue weighted by Gasteiger charge is 2.28. The van der Waals surface area contributed by atoms with Crippen molar-refractivity contribution in [2.24, 2.45) is 0 Å². The van der Waals surface area contributed by atoms with Gasteiger partial charge in [-0.1, -0.05) is 29.5 Å². The average molecular weight is 410 g/mol. The number of rotatable bonds is 4. The van der Waals surface area contributed by atoms with Crippen LogP contribution in [0.15, 0.2) is 54.6 Å². The molecule has 0 radical (unpaired) electrons. The lowest BCUT2D eigenvalue weighted by molar-refractivity contribution is 0.0706. The normalized spacial score (nSPS) is 16.4. The monoisotopic (exact) mass is 410 g/mol. The van der Waals surface area contributed by atoms with Gasteiger partial charge >= 0.3 is 0 Å². The van der Waals surface area contributed by atoms with Crippen LogP contribution in [-0.2, 0) is 0 Å². The summed E-state index contributed by atoms with van der Waals surface area (Å²) >= 11 is 1.23. The summed E-state index contributed by atoms with van der Waals surface area (Å²) in [4.78, 5) is 26.9. The number of amides is 2. The number of benzene rings is 2. The highest BCUT2D eigenvalue weighted by molar-refractivity contribution is 7.13. The Kier molecular flexibility index (Phi) is 5.62. The fourth-order valence-corrected chi connectivity index (χ4v) is 4.20. The van der Waals surface area contributed by atoms with Crippen molar-refractivity contribution in [3.8, 4) is 0 Å². The van der Waals surface area contributed by atoms with Crippen LogP contribution in [0.2, 0.25) is 0 Å². The molecule has 1 fully saturated rings. The minimum atomic E-state index is -0.381. The smallest absolute Gasteiger partial charge is 0.286 e. The summed E-state index contributed by atoms with van der Waals surface area (Å²) in [6, 6.07) is 14.8. The average Bonchev–Trinajstić information content (AvgIpc) is 3.26. The topological polar surface area (TPSA) is 75.2 Å². The van der Waals surface area contributed by atoms with E-state index in [1.165, 1.54) is 35.6 Å². The highest BCUT2D eigenvalue weighted by atomic mass is 32.1. The molecule has 2 heterocycles. The molecule has 1 unspecified atom stereocenters. The molecule has 0 saturated carbocycles. The van der Waals surface area contributed by atoms with Gasteiger partial charge in [-0.25, -0.2) is 4.39 Å².